The summed E-state index contributed by atoms with van der Waals surface area (Å²) in [5.41, 5.74) is 4.38. The normalized spacial score (nSPS) is 21.8. The van der Waals surface area contributed by atoms with Crippen molar-refractivity contribution >= 4 is 11.0 Å². The number of benzene rings is 2. The molecule has 0 aliphatic carbocycles. The first-order valence-electron chi connectivity index (χ1n) is 7.92. The highest BCUT2D eigenvalue weighted by Crippen LogP contribution is 2.36. The summed E-state index contributed by atoms with van der Waals surface area (Å²) in [5, 5.41) is 3.66. The van der Waals surface area contributed by atoms with Gasteiger partial charge in [-0.2, -0.15) is 0 Å². The van der Waals surface area contributed by atoms with Crippen LogP contribution in [0.3, 0.4) is 0 Å². The Morgan fingerprint density at radius 3 is 2.55 bits per heavy atom. The van der Waals surface area contributed by atoms with Crippen molar-refractivity contribution in [1.29, 1.82) is 0 Å². The van der Waals surface area contributed by atoms with Crippen molar-refractivity contribution < 1.29 is 0 Å². The van der Waals surface area contributed by atoms with Crippen LogP contribution >= 0.6 is 0 Å². The van der Waals surface area contributed by atoms with Crippen LogP contribution < -0.4 is 5.32 Å². The SMILES string of the molecule is c1ccc(C2NCCCC2c2cnc3ccccc3n2)cc1. The summed E-state index contributed by atoms with van der Waals surface area (Å²) >= 11 is 0. The van der Waals surface area contributed by atoms with Crippen LogP contribution in [0.5, 0.6) is 0 Å². The van der Waals surface area contributed by atoms with Crippen LogP contribution in [0.25, 0.3) is 11.0 Å². The number of para-hydroxylation sites is 2. The van der Waals surface area contributed by atoms with Crippen LogP contribution in [0.1, 0.15) is 36.1 Å². The van der Waals surface area contributed by atoms with Crippen LogP contribution in [-0.2, 0) is 0 Å². The number of hydrogen-bond donors (Lipinski definition) is 1. The molecule has 2 heterocycles. The predicted octanol–water partition coefficient (Wildman–Crippen LogP) is 3.84. The average Bonchev–Trinajstić information content (AvgIpc) is 2.62. The second-order valence-electron chi connectivity index (χ2n) is 5.87. The van der Waals surface area contributed by atoms with E-state index in [2.05, 4.69) is 40.6 Å². The lowest BCUT2D eigenvalue weighted by atomic mass is 9.84. The minimum Gasteiger partial charge on any atom is -0.309 e. The first-order chi connectivity index (χ1) is 10.9. The lowest BCUT2D eigenvalue weighted by molar-refractivity contribution is 0.353. The Balaban J connectivity index is 1.74. The first-order valence-corrected chi connectivity index (χ1v) is 7.92. The number of nitrogens with one attached hydrogen (secondary N) is 1. The zero-order chi connectivity index (χ0) is 14.8. The molecule has 3 heteroatoms. The summed E-state index contributed by atoms with van der Waals surface area (Å²) in [6, 6.07) is 19.1. The molecule has 1 saturated heterocycles. The maximum atomic E-state index is 4.87. The van der Waals surface area contributed by atoms with Crippen LogP contribution in [0.15, 0.2) is 60.8 Å². The van der Waals surface area contributed by atoms with Crippen LogP contribution in [0, 0.1) is 0 Å². The molecule has 3 aromatic rings. The molecule has 0 saturated carbocycles. The standard InChI is InChI=1S/C19H19N3/c1-2-7-14(8-3-1)19-15(9-6-12-20-19)18-13-21-16-10-4-5-11-17(16)22-18/h1-5,7-8,10-11,13,15,19-20H,6,9,12H2. The zero-order valence-electron chi connectivity index (χ0n) is 12.4. The Morgan fingerprint density at radius 2 is 1.68 bits per heavy atom. The molecule has 2 unspecified atom stereocenters. The van der Waals surface area contributed by atoms with Gasteiger partial charge in [0, 0.05) is 18.2 Å². The van der Waals surface area contributed by atoms with E-state index < -0.39 is 0 Å². The van der Waals surface area contributed by atoms with E-state index in [1.54, 1.807) is 0 Å². The first kappa shape index (κ1) is 13.4. The molecule has 0 radical (unpaired) electrons. The van der Waals surface area contributed by atoms with Crippen LogP contribution in [0.4, 0.5) is 0 Å². The fourth-order valence-corrected chi connectivity index (χ4v) is 3.37. The molecule has 22 heavy (non-hydrogen) atoms. The third-order valence-corrected chi connectivity index (χ3v) is 4.46. The Labute approximate surface area is 130 Å². The smallest absolute Gasteiger partial charge is 0.0890 e. The molecular weight excluding hydrogens is 270 g/mol. The van der Waals surface area contributed by atoms with Crippen molar-refractivity contribution in [3.05, 3.63) is 72.1 Å². The molecule has 1 aromatic heterocycles. The van der Waals surface area contributed by atoms with Crippen molar-refractivity contribution in [1.82, 2.24) is 15.3 Å². The van der Waals surface area contributed by atoms with E-state index >= 15 is 0 Å². The van der Waals surface area contributed by atoms with Crippen molar-refractivity contribution in [2.24, 2.45) is 0 Å². The highest BCUT2D eigenvalue weighted by atomic mass is 14.9. The van der Waals surface area contributed by atoms with E-state index in [-0.39, 0.29) is 0 Å². The molecule has 4 rings (SSSR count). The molecule has 1 aliphatic rings. The third-order valence-electron chi connectivity index (χ3n) is 4.46. The summed E-state index contributed by atoms with van der Waals surface area (Å²) in [4.78, 5) is 9.47. The quantitative estimate of drug-likeness (QED) is 0.779. The highest BCUT2D eigenvalue weighted by Gasteiger charge is 2.28. The minimum absolute atomic E-state index is 0.324. The Morgan fingerprint density at radius 1 is 0.909 bits per heavy atom. The minimum atomic E-state index is 0.324. The summed E-state index contributed by atoms with van der Waals surface area (Å²) in [7, 11) is 0. The average molecular weight is 289 g/mol. The van der Waals surface area contributed by atoms with E-state index in [1.807, 2.05) is 30.5 Å². The molecular formula is C19H19N3. The maximum Gasteiger partial charge on any atom is 0.0890 e. The van der Waals surface area contributed by atoms with Gasteiger partial charge in [-0.3, -0.25) is 4.98 Å². The summed E-state index contributed by atoms with van der Waals surface area (Å²) in [5.74, 6) is 0.383. The fraction of sp³-hybridized carbons (Fsp3) is 0.263. The van der Waals surface area contributed by atoms with Gasteiger partial charge < -0.3 is 5.32 Å². The third kappa shape index (κ3) is 2.48. The van der Waals surface area contributed by atoms with Gasteiger partial charge in [0.15, 0.2) is 0 Å². The summed E-state index contributed by atoms with van der Waals surface area (Å²) in [6.45, 7) is 1.07. The molecule has 0 spiro atoms. The largest absolute Gasteiger partial charge is 0.309 e. The lowest BCUT2D eigenvalue weighted by Crippen LogP contribution is -2.33. The number of aromatic nitrogens is 2. The van der Waals surface area contributed by atoms with E-state index in [0.717, 1.165) is 29.7 Å². The molecule has 1 fully saturated rings. The number of hydrogen-bond acceptors (Lipinski definition) is 3. The van der Waals surface area contributed by atoms with Crippen molar-refractivity contribution in [3.8, 4) is 0 Å². The molecule has 1 aliphatic heterocycles. The van der Waals surface area contributed by atoms with Gasteiger partial charge in [-0.1, -0.05) is 42.5 Å². The number of piperidine rings is 1. The second-order valence-corrected chi connectivity index (χ2v) is 5.87. The highest BCUT2D eigenvalue weighted by molar-refractivity contribution is 5.73. The maximum absolute atomic E-state index is 4.87. The molecule has 0 amide bonds. The van der Waals surface area contributed by atoms with Gasteiger partial charge in [-0.05, 0) is 37.1 Å². The monoisotopic (exact) mass is 289 g/mol. The predicted molar refractivity (Wildman–Crippen MR) is 88.7 cm³/mol. The van der Waals surface area contributed by atoms with Gasteiger partial charge in [-0.25, -0.2) is 4.98 Å². The van der Waals surface area contributed by atoms with Gasteiger partial charge in [0.05, 0.1) is 16.7 Å². The van der Waals surface area contributed by atoms with Gasteiger partial charge in [0.25, 0.3) is 0 Å². The molecule has 1 N–H and O–H groups in total. The fourth-order valence-electron chi connectivity index (χ4n) is 3.37. The van der Waals surface area contributed by atoms with Crippen LogP contribution in [-0.4, -0.2) is 16.5 Å². The molecule has 110 valence electrons. The van der Waals surface area contributed by atoms with Crippen molar-refractivity contribution in [2.45, 2.75) is 24.8 Å². The van der Waals surface area contributed by atoms with Gasteiger partial charge in [-0.15, -0.1) is 0 Å². The Bertz CT molecular complexity index is 770. The van der Waals surface area contributed by atoms with E-state index in [4.69, 9.17) is 4.98 Å². The Hall–Kier alpha value is -2.26. The number of rotatable bonds is 2. The van der Waals surface area contributed by atoms with E-state index in [1.165, 1.54) is 12.0 Å². The number of fused-ring (bicyclic) bond motifs is 1. The lowest BCUT2D eigenvalue weighted by Gasteiger charge is -2.32. The summed E-state index contributed by atoms with van der Waals surface area (Å²) in [6.07, 6.45) is 4.29. The molecule has 0 bridgehead atoms. The van der Waals surface area contributed by atoms with Crippen molar-refractivity contribution in [2.75, 3.05) is 6.54 Å². The molecule has 2 aromatic carbocycles. The zero-order valence-corrected chi connectivity index (χ0v) is 12.4. The number of nitrogens with zero attached hydrogens (tertiary/aromatic N) is 2. The van der Waals surface area contributed by atoms with Gasteiger partial charge in [0.2, 0.25) is 0 Å². The summed E-state index contributed by atoms with van der Waals surface area (Å²) < 4.78 is 0. The molecule has 2 atom stereocenters. The van der Waals surface area contributed by atoms with Gasteiger partial charge >= 0.3 is 0 Å². The van der Waals surface area contributed by atoms with Gasteiger partial charge in [0.1, 0.15) is 0 Å². The van der Waals surface area contributed by atoms with Crippen molar-refractivity contribution in [3.63, 3.8) is 0 Å². The van der Waals surface area contributed by atoms with E-state index in [9.17, 15) is 0 Å². The topological polar surface area (TPSA) is 37.8 Å². The van der Waals surface area contributed by atoms with E-state index in [0.29, 0.717) is 12.0 Å². The second kappa shape index (κ2) is 5.85. The molecule has 3 nitrogen and oxygen atoms in total. The van der Waals surface area contributed by atoms with Crippen LogP contribution in [0.2, 0.25) is 0 Å². The Kier molecular flexibility index (Phi) is 3.57.